The van der Waals surface area contributed by atoms with E-state index in [-0.39, 0.29) is 12.8 Å². The molecule has 0 aliphatic carbocycles. The highest BCUT2D eigenvalue weighted by atomic mass is 31.2. The van der Waals surface area contributed by atoms with Crippen LogP contribution in [0.25, 0.3) is 0 Å². The second kappa shape index (κ2) is 36.9. The molecule has 0 aliphatic heterocycles. The summed E-state index contributed by atoms with van der Waals surface area (Å²) in [6.07, 6.45) is 36.3. The zero-order chi connectivity index (χ0) is 39.3. The fourth-order valence-corrected chi connectivity index (χ4v) is 6.47. The third-order valence-electron chi connectivity index (χ3n) is 8.99. The van der Waals surface area contributed by atoms with Crippen molar-refractivity contribution in [1.82, 2.24) is 5.32 Å². The minimum Gasteiger partial charge on any atom is -0.480 e. The molecule has 0 aliphatic rings. The number of carboxylic acid groups (broad SMARTS) is 1. The van der Waals surface area contributed by atoms with E-state index >= 15 is 0 Å². The quantitative estimate of drug-likeness (QED) is 0.0204. The molecule has 0 rings (SSSR count). The van der Waals surface area contributed by atoms with Gasteiger partial charge in [-0.2, -0.15) is 0 Å². The first-order valence-corrected chi connectivity index (χ1v) is 22.4. The minimum absolute atomic E-state index is 0.148. The Kier molecular flexibility index (Phi) is 35.5. The second-order valence-corrected chi connectivity index (χ2v) is 15.6. The first kappa shape index (κ1) is 51.0. The highest BCUT2D eigenvalue weighted by Crippen LogP contribution is 2.43. The van der Waals surface area contributed by atoms with Gasteiger partial charge in [0.15, 0.2) is 6.04 Å². The summed E-state index contributed by atoms with van der Waals surface area (Å²) in [6, 6.07) is -1.54. The van der Waals surface area contributed by atoms with Gasteiger partial charge in [-0.3, -0.25) is 18.6 Å². The molecule has 0 saturated carbocycles. The monoisotopic (exact) mass is 774 g/mol. The first-order valence-electron chi connectivity index (χ1n) is 20.9. The number of hydrogen-bond donors (Lipinski definition) is 4. The Labute approximate surface area is 321 Å². The van der Waals surface area contributed by atoms with Crippen LogP contribution in [0.4, 0.5) is 0 Å². The largest absolute Gasteiger partial charge is 0.480 e. The van der Waals surface area contributed by atoms with Gasteiger partial charge in [-0.25, -0.2) is 9.36 Å². The molecule has 0 spiro atoms. The summed E-state index contributed by atoms with van der Waals surface area (Å²) in [4.78, 5) is 45.8. The Morgan fingerprint density at radius 2 is 1.04 bits per heavy atom. The number of carbonyl (C=O) groups is 3. The molecule has 310 valence electrons. The molecule has 1 amide bonds. The van der Waals surface area contributed by atoms with Gasteiger partial charge in [-0.15, -0.1) is 0 Å². The van der Waals surface area contributed by atoms with E-state index in [2.05, 4.69) is 43.5 Å². The molecule has 11 nitrogen and oxygen atoms in total. The molecule has 53 heavy (non-hydrogen) atoms. The van der Waals surface area contributed by atoms with Gasteiger partial charge in [0.2, 0.25) is 5.91 Å². The van der Waals surface area contributed by atoms with Crippen LogP contribution in [0.5, 0.6) is 0 Å². The molecule has 3 unspecified atom stereocenters. The van der Waals surface area contributed by atoms with Gasteiger partial charge in [0, 0.05) is 12.8 Å². The average molecular weight is 774 g/mol. The molecule has 0 saturated heterocycles. The zero-order valence-corrected chi connectivity index (χ0v) is 34.2. The average Bonchev–Trinajstić information content (AvgIpc) is 3.13. The van der Waals surface area contributed by atoms with Crippen LogP contribution in [-0.4, -0.2) is 64.9 Å². The van der Waals surface area contributed by atoms with Gasteiger partial charge in [0.25, 0.3) is 0 Å². The number of nitrogens with one attached hydrogen (secondary N) is 1. The van der Waals surface area contributed by atoms with Crippen LogP contribution in [0, 0.1) is 0 Å². The lowest BCUT2D eigenvalue weighted by molar-refractivity contribution is -0.147. The summed E-state index contributed by atoms with van der Waals surface area (Å²) in [5, 5.41) is 21.8. The molecule has 0 heterocycles. The molecule has 0 radical (unpaired) electrons. The fourth-order valence-electron chi connectivity index (χ4n) is 5.70. The smallest absolute Gasteiger partial charge is 0.472 e. The van der Waals surface area contributed by atoms with Crippen LogP contribution in [-0.2, 0) is 32.7 Å². The first-order chi connectivity index (χ1) is 25.6. The maximum absolute atomic E-state index is 12.2. The number of unbranched alkanes of at least 4 members (excludes halogenated alkanes) is 21. The third kappa shape index (κ3) is 36.7. The summed E-state index contributed by atoms with van der Waals surface area (Å²) in [5.41, 5.74) is 0. The van der Waals surface area contributed by atoms with Crippen molar-refractivity contribution in [2.24, 2.45) is 0 Å². The number of ether oxygens (including phenoxy) is 1. The van der Waals surface area contributed by atoms with E-state index in [1.54, 1.807) is 0 Å². The van der Waals surface area contributed by atoms with E-state index in [0.29, 0.717) is 12.8 Å². The van der Waals surface area contributed by atoms with Crippen molar-refractivity contribution in [2.75, 3.05) is 19.8 Å². The Morgan fingerprint density at radius 1 is 0.604 bits per heavy atom. The number of carbonyl (C=O) groups excluding carboxylic acids is 2. The fraction of sp³-hybridized carbons (Fsp3) is 0.829. The lowest BCUT2D eigenvalue weighted by atomic mass is 10.0. The van der Waals surface area contributed by atoms with Crippen LogP contribution >= 0.6 is 7.82 Å². The molecule has 12 heteroatoms. The summed E-state index contributed by atoms with van der Waals surface area (Å²) in [7, 11) is -4.75. The van der Waals surface area contributed by atoms with Crippen molar-refractivity contribution in [2.45, 2.75) is 199 Å². The highest BCUT2D eigenvalue weighted by molar-refractivity contribution is 7.47. The number of esters is 1. The number of allylic oxidation sites excluding steroid dienone is 4. The maximum atomic E-state index is 12.2. The molecular formula is C41H76NO10P. The van der Waals surface area contributed by atoms with Crippen LogP contribution in [0.2, 0.25) is 0 Å². The Bertz CT molecular complexity index is 1010. The molecule has 0 bridgehead atoms. The van der Waals surface area contributed by atoms with Gasteiger partial charge >= 0.3 is 19.8 Å². The lowest BCUT2D eigenvalue weighted by Crippen LogP contribution is -2.43. The van der Waals surface area contributed by atoms with E-state index in [4.69, 9.17) is 13.8 Å². The minimum atomic E-state index is -4.75. The lowest BCUT2D eigenvalue weighted by Gasteiger charge is -2.18. The molecular weight excluding hydrogens is 697 g/mol. The van der Waals surface area contributed by atoms with Crippen molar-refractivity contribution in [3.05, 3.63) is 24.3 Å². The van der Waals surface area contributed by atoms with E-state index in [9.17, 15) is 34.1 Å². The van der Waals surface area contributed by atoms with Crippen LogP contribution in [0.3, 0.4) is 0 Å². The number of carboxylic acids is 1. The molecule has 0 aromatic heterocycles. The molecule has 4 N–H and O–H groups in total. The zero-order valence-electron chi connectivity index (χ0n) is 33.3. The summed E-state index contributed by atoms with van der Waals surface area (Å²) in [6.45, 7) is 2.55. The van der Waals surface area contributed by atoms with E-state index < -0.39 is 57.6 Å². The van der Waals surface area contributed by atoms with Crippen LogP contribution in [0.1, 0.15) is 187 Å². The van der Waals surface area contributed by atoms with Crippen LogP contribution in [0.15, 0.2) is 24.3 Å². The van der Waals surface area contributed by atoms with Crippen LogP contribution < -0.4 is 5.32 Å². The van der Waals surface area contributed by atoms with E-state index in [1.165, 1.54) is 96.3 Å². The molecule has 0 aromatic rings. The van der Waals surface area contributed by atoms with Crippen molar-refractivity contribution in [3.8, 4) is 0 Å². The van der Waals surface area contributed by atoms with Crippen molar-refractivity contribution < 1.29 is 47.8 Å². The summed E-state index contributed by atoms with van der Waals surface area (Å²) in [5.74, 6) is -2.38. The van der Waals surface area contributed by atoms with Crippen molar-refractivity contribution in [3.63, 3.8) is 0 Å². The van der Waals surface area contributed by atoms with Gasteiger partial charge < -0.3 is 25.2 Å². The number of amides is 1. The normalized spacial score (nSPS) is 14.0. The van der Waals surface area contributed by atoms with Gasteiger partial charge in [0.05, 0.1) is 13.2 Å². The summed E-state index contributed by atoms with van der Waals surface area (Å²) < 4.78 is 26.8. The number of phosphoric ester groups is 1. The molecule has 0 fully saturated rings. The van der Waals surface area contributed by atoms with Gasteiger partial charge in [0.1, 0.15) is 12.7 Å². The standard InChI is InChI=1S/C41H76NO10P/c1-3-5-7-9-11-13-15-17-18-19-20-21-23-25-27-29-31-33-40(45)50-34-37(43)35-51-53(48,49)52-36-38(41(46)47)42-39(44)32-30-28-26-24-22-16-14-12-10-8-6-4-2/h11,13,17-18,37-38,43H,3-10,12,14-16,19-36H2,1-2H3,(H,42,44)(H,46,47)(H,48,49)/b13-11-,18-17-. The van der Waals surface area contributed by atoms with Crippen molar-refractivity contribution in [1.29, 1.82) is 0 Å². The van der Waals surface area contributed by atoms with Gasteiger partial charge in [-0.1, -0.05) is 154 Å². The SMILES string of the molecule is CCCCC/C=C\C/C=C\CCCCCCCCCC(=O)OCC(O)COP(=O)(O)OCC(NC(=O)CCCCCCCCCCCCCC)C(=O)O. The summed E-state index contributed by atoms with van der Waals surface area (Å²) >= 11 is 0. The molecule has 3 atom stereocenters. The number of phosphoric acid groups is 1. The highest BCUT2D eigenvalue weighted by Gasteiger charge is 2.28. The van der Waals surface area contributed by atoms with E-state index in [0.717, 1.165) is 51.4 Å². The molecule has 0 aromatic carbocycles. The predicted octanol–water partition coefficient (Wildman–Crippen LogP) is 10.3. The number of aliphatic carboxylic acids is 1. The van der Waals surface area contributed by atoms with E-state index in [1.807, 2.05) is 0 Å². The Morgan fingerprint density at radius 3 is 1.57 bits per heavy atom. The number of hydrogen-bond acceptors (Lipinski definition) is 8. The topological polar surface area (TPSA) is 169 Å². The Balaban J connectivity index is 3.91. The number of rotatable bonds is 39. The second-order valence-electron chi connectivity index (χ2n) is 14.2. The van der Waals surface area contributed by atoms with Gasteiger partial charge in [-0.05, 0) is 44.9 Å². The van der Waals surface area contributed by atoms with Crippen molar-refractivity contribution >= 4 is 25.7 Å². The number of aliphatic hydroxyl groups is 1. The third-order valence-corrected chi connectivity index (χ3v) is 9.94. The predicted molar refractivity (Wildman–Crippen MR) is 213 cm³/mol. The Hall–Kier alpha value is -2.04. The number of aliphatic hydroxyl groups excluding tert-OH is 1. The maximum Gasteiger partial charge on any atom is 0.472 e.